The molecule has 0 radical (unpaired) electrons. The molecule has 6 heteroatoms. The summed E-state index contributed by atoms with van der Waals surface area (Å²) in [6, 6.07) is 12.0. The van der Waals surface area contributed by atoms with Crippen LogP contribution in [-0.4, -0.2) is 22.5 Å². The van der Waals surface area contributed by atoms with Crippen LogP contribution in [0.5, 0.6) is 5.75 Å². The molecule has 23 heavy (non-hydrogen) atoms. The van der Waals surface area contributed by atoms with Crippen molar-refractivity contribution in [3.05, 3.63) is 71.2 Å². The SMILES string of the molecule is C=CCOc1ccc(C(=O)Nc2ccc3[nH]c(=O)[nH]c3c2)cc1. The van der Waals surface area contributed by atoms with E-state index in [-0.39, 0.29) is 11.6 Å². The van der Waals surface area contributed by atoms with Crippen molar-refractivity contribution in [2.45, 2.75) is 0 Å². The van der Waals surface area contributed by atoms with Crippen molar-refractivity contribution in [2.75, 3.05) is 11.9 Å². The second kappa shape index (κ2) is 6.23. The molecule has 0 unspecified atom stereocenters. The van der Waals surface area contributed by atoms with E-state index >= 15 is 0 Å². The van der Waals surface area contributed by atoms with E-state index in [1.165, 1.54) is 0 Å². The lowest BCUT2D eigenvalue weighted by atomic mass is 10.2. The highest BCUT2D eigenvalue weighted by Crippen LogP contribution is 2.17. The standard InChI is InChI=1S/C17H15N3O3/c1-2-9-23-13-6-3-11(4-7-13)16(21)18-12-5-8-14-15(10-12)20-17(22)19-14/h2-8,10H,1,9H2,(H,18,21)(H2,19,20,22). The number of aromatic amines is 2. The highest BCUT2D eigenvalue weighted by molar-refractivity contribution is 6.05. The van der Waals surface area contributed by atoms with Gasteiger partial charge in [0.05, 0.1) is 11.0 Å². The van der Waals surface area contributed by atoms with Gasteiger partial charge in [0.1, 0.15) is 12.4 Å². The van der Waals surface area contributed by atoms with Crippen LogP contribution in [0, 0.1) is 0 Å². The third-order valence-electron chi connectivity index (χ3n) is 3.26. The minimum absolute atomic E-state index is 0.238. The fourth-order valence-electron chi connectivity index (χ4n) is 2.17. The van der Waals surface area contributed by atoms with Gasteiger partial charge < -0.3 is 20.0 Å². The molecule has 3 N–H and O–H groups in total. The number of carbonyl (C=O) groups excluding carboxylic acids is 1. The maximum absolute atomic E-state index is 12.2. The number of aromatic nitrogens is 2. The number of amides is 1. The van der Waals surface area contributed by atoms with Crippen LogP contribution in [0.1, 0.15) is 10.4 Å². The molecule has 1 heterocycles. The second-order valence-corrected chi connectivity index (χ2v) is 4.92. The highest BCUT2D eigenvalue weighted by Gasteiger charge is 2.07. The number of nitrogens with one attached hydrogen (secondary N) is 3. The first kappa shape index (κ1) is 14.6. The van der Waals surface area contributed by atoms with Crippen molar-refractivity contribution >= 4 is 22.6 Å². The maximum Gasteiger partial charge on any atom is 0.323 e. The summed E-state index contributed by atoms with van der Waals surface area (Å²) in [5, 5.41) is 2.79. The molecule has 0 aliphatic rings. The molecule has 6 nitrogen and oxygen atoms in total. The van der Waals surface area contributed by atoms with Crippen LogP contribution in [-0.2, 0) is 0 Å². The van der Waals surface area contributed by atoms with Crippen molar-refractivity contribution < 1.29 is 9.53 Å². The molecular weight excluding hydrogens is 294 g/mol. The number of ether oxygens (including phenoxy) is 1. The minimum Gasteiger partial charge on any atom is -0.490 e. The fourth-order valence-corrected chi connectivity index (χ4v) is 2.17. The number of fused-ring (bicyclic) bond motifs is 1. The van der Waals surface area contributed by atoms with Crippen molar-refractivity contribution in [3.63, 3.8) is 0 Å². The molecule has 0 atom stereocenters. The predicted molar refractivity (Wildman–Crippen MR) is 89.0 cm³/mol. The molecule has 0 fully saturated rings. The third-order valence-corrected chi connectivity index (χ3v) is 3.26. The Labute approximate surface area is 131 Å². The van der Waals surface area contributed by atoms with E-state index < -0.39 is 0 Å². The zero-order valence-electron chi connectivity index (χ0n) is 12.3. The largest absolute Gasteiger partial charge is 0.490 e. The normalized spacial score (nSPS) is 10.4. The smallest absolute Gasteiger partial charge is 0.323 e. The van der Waals surface area contributed by atoms with Crippen LogP contribution in [0.3, 0.4) is 0 Å². The lowest BCUT2D eigenvalue weighted by molar-refractivity contribution is 0.102. The second-order valence-electron chi connectivity index (χ2n) is 4.92. The molecule has 3 aromatic rings. The summed E-state index contributed by atoms with van der Waals surface area (Å²) in [4.78, 5) is 28.8. The average Bonchev–Trinajstić information content (AvgIpc) is 2.92. The monoisotopic (exact) mass is 309 g/mol. The van der Waals surface area contributed by atoms with Crippen molar-refractivity contribution in [1.82, 2.24) is 9.97 Å². The first-order chi connectivity index (χ1) is 11.2. The van der Waals surface area contributed by atoms with Gasteiger partial charge in [0.15, 0.2) is 0 Å². The van der Waals surface area contributed by atoms with E-state index in [9.17, 15) is 9.59 Å². The molecule has 0 spiro atoms. The van der Waals surface area contributed by atoms with Crippen molar-refractivity contribution in [1.29, 1.82) is 0 Å². The Balaban J connectivity index is 1.74. The number of imidazole rings is 1. The Bertz CT molecular complexity index is 907. The third kappa shape index (κ3) is 3.32. The fraction of sp³-hybridized carbons (Fsp3) is 0.0588. The summed E-state index contributed by atoms with van der Waals surface area (Å²) >= 11 is 0. The van der Waals surface area contributed by atoms with Gasteiger partial charge in [-0.15, -0.1) is 0 Å². The van der Waals surface area contributed by atoms with Gasteiger partial charge in [-0.1, -0.05) is 12.7 Å². The molecule has 116 valence electrons. The first-order valence-corrected chi connectivity index (χ1v) is 7.03. The van der Waals surface area contributed by atoms with E-state index in [0.29, 0.717) is 34.6 Å². The number of hydrogen-bond donors (Lipinski definition) is 3. The minimum atomic E-state index is -0.279. The van der Waals surface area contributed by atoms with E-state index in [0.717, 1.165) is 0 Å². The van der Waals surface area contributed by atoms with Crippen LogP contribution in [0.25, 0.3) is 11.0 Å². The summed E-state index contributed by atoms with van der Waals surface area (Å²) in [6.45, 7) is 4.00. The van der Waals surface area contributed by atoms with Crippen LogP contribution in [0.15, 0.2) is 59.9 Å². The van der Waals surface area contributed by atoms with Gasteiger partial charge in [-0.3, -0.25) is 4.79 Å². The Morgan fingerprint density at radius 3 is 2.61 bits per heavy atom. The number of hydrogen-bond acceptors (Lipinski definition) is 3. The molecular formula is C17H15N3O3. The van der Waals surface area contributed by atoms with Crippen LogP contribution in [0.4, 0.5) is 5.69 Å². The summed E-state index contributed by atoms with van der Waals surface area (Å²) in [7, 11) is 0. The number of benzene rings is 2. The van der Waals surface area contributed by atoms with Crippen molar-refractivity contribution in [2.24, 2.45) is 0 Å². The molecule has 1 amide bonds. The number of H-pyrrole nitrogens is 2. The molecule has 0 aliphatic carbocycles. The molecule has 1 aromatic heterocycles. The van der Waals surface area contributed by atoms with Gasteiger partial charge in [-0.05, 0) is 42.5 Å². The van der Waals surface area contributed by atoms with E-state index in [1.807, 2.05) is 0 Å². The molecule has 0 bridgehead atoms. The van der Waals surface area contributed by atoms with Gasteiger partial charge in [-0.25, -0.2) is 4.79 Å². The van der Waals surface area contributed by atoms with Crippen LogP contribution in [0.2, 0.25) is 0 Å². The van der Waals surface area contributed by atoms with E-state index in [1.54, 1.807) is 48.5 Å². The van der Waals surface area contributed by atoms with Crippen molar-refractivity contribution in [3.8, 4) is 5.75 Å². The topological polar surface area (TPSA) is 87.0 Å². The number of rotatable bonds is 5. The van der Waals surface area contributed by atoms with Gasteiger partial charge in [0.2, 0.25) is 0 Å². The zero-order chi connectivity index (χ0) is 16.2. The summed E-state index contributed by atoms with van der Waals surface area (Å²) in [5.74, 6) is 0.435. The first-order valence-electron chi connectivity index (χ1n) is 7.03. The summed E-state index contributed by atoms with van der Waals surface area (Å²) in [5.41, 5.74) is 2.17. The van der Waals surface area contributed by atoms with Gasteiger partial charge in [0, 0.05) is 11.3 Å². The maximum atomic E-state index is 12.2. The van der Waals surface area contributed by atoms with E-state index in [2.05, 4.69) is 21.9 Å². The molecule has 0 saturated heterocycles. The molecule has 2 aromatic carbocycles. The quantitative estimate of drug-likeness (QED) is 0.633. The van der Waals surface area contributed by atoms with Gasteiger partial charge in [0.25, 0.3) is 5.91 Å². The Morgan fingerprint density at radius 1 is 1.13 bits per heavy atom. The predicted octanol–water partition coefficient (Wildman–Crippen LogP) is 2.67. The average molecular weight is 309 g/mol. The lowest BCUT2D eigenvalue weighted by Gasteiger charge is -2.07. The Kier molecular flexibility index (Phi) is 3.97. The zero-order valence-corrected chi connectivity index (χ0v) is 12.3. The van der Waals surface area contributed by atoms with Gasteiger partial charge >= 0.3 is 5.69 Å². The van der Waals surface area contributed by atoms with Gasteiger partial charge in [-0.2, -0.15) is 0 Å². The lowest BCUT2D eigenvalue weighted by Crippen LogP contribution is -2.11. The summed E-state index contributed by atoms with van der Waals surface area (Å²) < 4.78 is 5.37. The van der Waals surface area contributed by atoms with Crippen LogP contribution >= 0.6 is 0 Å². The summed E-state index contributed by atoms with van der Waals surface area (Å²) in [6.07, 6.45) is 1.65. The number of carbonyl (C=O) groups is 1. The molecule has 3 rings (SSSR count). The Morgan fingerprint density at radius 2 is 1.87 bits per heavy atom. The van der Waals surface area contributed by atoms with E-state index in [4.69, 9.17) is 4.74 Å². The number of anilines is 1. The molecule has 0 saturated carbocycles. The Hall–Kier alpha value is -3.28. The van der Waals surface area contributed by atoms with Crippen LogP contribution < -0.4 is 15.7 Å². The highest BCUT2D eigenvalue weighted by atomic mass is 16.5. The molecule has 0 aliphatic heterocycles.